The van der Waals surface area contributed by atoms with E-state index in [4.69, 9.17) is 5.26 Å². The van der Waals surface area contributed by atoms with Gasteiger partial charge < -0.3 is 10.2 Å². The lowest BCUT2D eigenvalue weighted by Crippen LogP contribution is -2.44. The molecule has 0 saturated carbocycles. The molecule has 5 rings (SSSR count). The minimum Gasteiger partial charge on any atom is -0.348 e. The number of nitrogens with zero attached hydrogens (tertiary/aromatic N) is 4. The molecule has 0 atom stereocenters. The Balaban J connectivity index is 1.07. The summed E-state index contributed by atoms with van der Waals surface area (Å²) in [6.45, 7) is 4.93. The molecule has 10 nitrogen and oxygen atoms in total. The van der Waals surface area contributed by atoms with Crippen LogP contribution in [0.1, 0.15) is 74.9 Å². The van der Waals surface area contributed by atoms with Crippen molar-refractivity contribution in [3.63, 3.8) is 0 Å². The van der Waals surface area contributed by atoms with Gasteiger partial charge in [-0.2, -0.15) is 5.26 Å². The van der Waals surface area contributed by atoms with E-state index in [0.717, 1.165) is 38.0 Å². The number of aromatic nitrogens is 1. The highest BCUT2D eigenvalue weighted by Crippen LogP contribution is 2.24. The maximum Gasteiger partial charge on any atom is 0.270 e. The number of rotatable bonds is 9. The number of sulfone groups is 1. The highest BCUT2D eigenvalue weighted by molar-refractivity contribution is 7.91. The van der Waals surface area contributed by atoms with Gasteiger partial charge in [-0.1, -0.05) is 31.2 Å². The van der Waals surface area contributed by atoms with E-state index in [1.54, 1.807) is 36.1 Å². The Kier molecular flexibility index (Phi) is 10.1. The number of hydrogen-bond acceptors (Lipinski definition) is 8. The second kappa shape index (κ2) is 14.1. The van der Waals surface area contributed by atoms with Gasteiger partial charge in [-0.3, -0.25) is 24.3 Å². The molecule has 1 N–H and O–H groups in total. The second-order valence-electron chi connectivity index (χ2n) is 11.6. The Labute approximate surface area is 264 Å². The molecule has 0 aliphatic carbocycles. The van der Waals surface area contributed by atoms with Crippen molar-refractivity contribution in [2.45, 2.75) is 50.1 Å². The van der Waals surface area contributed by atoms with Gasteiger partial charge in [0.25, 0.3) is 11.8 Å². The van der Waals surface area contributed by atoms with E-state index in [-0.39, 0.29) is 45.9 Å². The number of benzene rings is 2. The predicted octanol–water partition coefficient (Wildman–Crippen LogP) is 3.88. The SMILES string of the molecule is CCS(=O)(=O)c1ccc(C(=O)C2CCN(C(=O)c3ccc(C(=O)NC4CCN(Cc5ccc(C#N)cc5)CC4)nc3)CC2)cc1. The van der Waals surface area contributed by atoms with Crippen molar-refractivity contribution < 1.29 is 22.8 Å². The minimum atomic E-state index is -3.33. The number of ketones is 1. The Bertz CT molecular complexity index is 1670. The lowest BCUT2D eigenvalue weighted by molar-refractivity contribution is 0.0649. The third-order valence-electron chi connectivity index (χ3n) is 8.69. The van der Waals surface area contributed by atoms with Crippen molar-refractivity contribution in [1.82, 2.24) is 20.1 Å². The maximum absolute atomic E-state index is 13.1. The van der Waals surface area contributed by atoms with Crippen molar-refractivity contribution >= 4 is 27.4 Å². The van der Waals surface area contributed by atoms with Gasteiger partial charge in [0.15, 0.2) is 15.6 Å². The van der Waals surface area contributed by atoms with Gasteiger partial charge in [0, 0.05) is 56.4 Å². The second-order valence-corrected chi connectivity index (χ2v) is 13.9. The number of amides is 2. The van der Waals surface area contributed by atoms with Gasteiger partial charge in [-0.15, -0.1) is 0 Å². The van der Waals surface area contributed by atoms with E-state index in [9.17, 15) is 22.8 Å². The molecule has 0 spiro atoms. The number of Topliss-reactive ketones (excluding diaryl/α,β-unsaturated/α-hetero) is 1. The molecule has 2 aromatic carbocycles. The number of nitrogens with one attached hydrogen (secondary N) is 1. The molecule has 45 heavy (non-hydrogen) atoms. The first-order chi connectivity index (χ1) is 21.7. The molecule has 2 saturated heterocycles. The van der Waals surface area contributed by atoms with E-state index < -0.39 is 9.84 Å². The summed E-state index contributed by atoms with van der Waals surface area (Å²) in [5.41, 5.74) is 2.92. The molecule has 11 heteroatoms. The molecule has 2 fully saturated rings. The summed E-state index contributed by atoms with van der Waals surface area (Å²) in [6, 6.07) is 19.1. The summed E-state index contributed by atoms with van der Waals surface area (Å²) in [6.07, 6.45) is 4.10. The summed E-state index contributed by atoms with van der Waals surface area (Å²) < 4.78 is 24.1. The normalized spacial score (nSPS) is 16.6. The fourth-order valence-corrected chi connectivity index (χ4v) is 6.73. The molecule has 3 aromatic rings. The molecule has 0 unspecified atom stereocenters. The summed E-state index contributed by atoms with van der Waals surface area (Å²) >= 11 is 0. The topological polar surface area (TPSA) is 141 Å². The molecular formula is C34H37N5O5S. The number of carbonyl (C=O) groups is 3. The number of carbonyl (C=O) groups excluding carboxylic acids is 3. The van der Waals surface area contributed by atoms with E-state index >= 15 is 0 Å². The van der Waals surface area contributed by atoms with Crippen LogP contribution in [0.2, 0.25) is 0 Å². The Hall–Kier alpha value is -4.40. The molecular weight excluding hydrogens is 590 g/mol. The number of nitriles is 1. The van der Waals surface area contributed by atoms with Crippen LogP contribution in [0.15, 0.2) is 71.8 Å². The van der Waals surface area contributed by atoms with Gasteiger partial charge in [-0.25, -0.2) is 8.42 Å². The smallest absolute Gasteiger partial charge is 0.270 e. The van der Waals surface area contributed by atoms with E-state index in [1.807, 2.05) is 24.3 Å². The first-order valence-electron chi connectivity index (χ1n) is 15.3. The largest absolute Gasteiger partial charge is 0.348 e. The van der Waals surface area contributed by atoms with E-state index in [0.29, 0.717) is 42.6 Å². The third kappa shape index (κ3) is 7.82. The van der Waals surface area contributed by atoms with Crippen LogP contribution >= 0.6 is 0 Å². The summed E-state index contributed by atoms with van der Waals surface area (Å²) in [4.78, 5) is 47.5. The molecule has 0 radical (unpaired) electrons. The van der Waals surface area contributed by atoms with Crippen LogP contribution in [0, 0.1) is 17.2 Å². The van der Waals surface area contributed by atoms with Crippen molar-refractivity contribution in [2.24, 2.45) is 5.92 Å². The lowest BCUT2D eigenvalue weighted by atomic mass is 9.88. The average Bonchev–Trinajstić information content (AvgIpc) is 3.09. The zero-order chi connectivity index (χ0) is 32.0. The first kappa shape index (κ1) is 32.0. The van der Waals surface area contributed by atoms with Gasteiger partial charge in [-0.05, 0) is 67.6 Å². The van der Waals surface area contributed by atoms with Crippen LogP contribution < -0.4 is 5.32 Å². The average molecular weight is 628 g/mol. The predicted molar refractivity (Wildman–Crippen MR) is 168 cm³/mol. The molecule has 2 aliphatic rings. The van der Waals surface area contributed by atoms with Crippen LogP contribution in [0.25, 0.3) is 0 Å². The van der Waals surface area contributed by atoms with Crippen LogP contribution in [0.5, 0.6) is 0 Å². The number of pyridine rings is 1. The summed E-state index contributed by atoms with van der Waals surface area (Å²) in [7, 11) is -3.33. The standard InChI is InChI=1S/C34H37N5O5S/c1-2-45(43,44)30-10-7-26(8-11-30)32(40)27-13-19-39(20-14-27)34(42)28-9-12-31(36-22-28)33(41)37-29-15-17-38(18-16-29)23-25-5-3-24(21-35)4-6-25/h3-12,22,27,29H,2,13-20,23H2,1H3,(H,37,41). The molecule has 1 aromatic heterocycles. The highest BCUT2D eigenvalue weighted by Gasteiger charge is 2.29. The molecule has 3 heterocycles. The molecule has 2 aliphatic heterocycles. The quantitative estimate of drug-likeness (QED) is 0.353. The monoisotopic (exact) mass is 627 g/mol. The van der Waals surface area contributed by atoms with Crippen LogP contribution in [-0.4, -0.2) is 78.8 Å². The highest BCUT2D eigenvalue weighted by atomic mass is 32.2. The summed E-state index contributed by atoms with van der Waals surface area (Å²) in [5, 5.41) is 12.0. The maximum atomic E-state index is 13.1. The van der Waals surface area contributed by atoms with Crippen molar-refractivity contribution in [2.75, 3.05) is 31.9 Å². The van der Waals surface area contributed by atoms with Crippen LogP contribution in [0.4, 0.5) is 0 Å². The number of piperidine rings is 2. The fourth-order valence-electron chi connectivity index (χ4n) is 5.85. The van der Waals surface area contributed by atoms with E-state index in [1.165, 1.54) is 18.3 Å². The van der Waals surface area contributed by atoms with Crippen molar-refractivity contribution in [3.05, 3.63) is 94.8 Å². The zero-order valence-electron chi connectivity index (χ0n) is 25.3. The Morgan fingerprint density at radius 1 is 0.889 bits per heavy atom. The van der Waals surface area contributed by atoms with Gasteiger partial charge in [0.2, 0.25) is 0 Å². The van der Waals surface area contributed by atoms with Crippen molar-refractivity contribution in [3.8, 4) is 6.07 Å². The summed E-state index contributed by atoms with van der Waals surface area (Å²) in [5.74, 6) is -0.740. The van der Waals surface area contributed by atoms with Gasteiger partial charge in [0.05, 0.1) is 27.8 Å². The van der Waals surface area contributed by atoms with Crippen LogP contribution in [-0.2, 0) is 16.4 Å². The Morgan fingerprint density at radius 2 is 1.53 bits per heavy atom. The van der Waals surface area contributed by atoms with Gasteiger partial charge in [0.1, 0.15) is 5.69 Å². The van der Waals surface area contributed by atoms with Crippen molar-refractivity contribution in [1.29, 1.82) is 5.26 Å². The number of likely N-dealkylation sites (tertiary alicyclic amines) is 2. The van der Waals surface area contributed by atoms with Gasteiger partial charge >= 0.3 is 0 Å². The lowest BCUT2D eigenvalue weighted by Gasteiger charge is -2.32. The molecule has 0 bridgehead atoms. The first-order valence-corrected chi connectivity index (χ1v) is 17.0. The fraction of sp³-hybridized carbons (Fsp3) is 0.382. The molecule has 234 valence electrons. The van der Waals surface area contributed by atoms with E-state index in [2.05, 4.69) is 21.3 Å². The zero-order valence-corrected chi connectivity index (χ0v) is 26.1. The minimum absolute atomic E-state index is 0.00133. The number of hydrogen-bond donors (Lipinski definition) is 1. The molecule has 2 amide bonds. The Morgan fingerprint density at radius 3 is 2.11 bits per heavy atom. The third-order valence-corrected chi connectivity index (χ3v) is 10.4. The van der Waals surface area contributed by atoms with Crippen LogP contribution in [0.3, 0.4) is 0 Å².